The number of aliphatic imine (C=N–C) groups is 1. The quantitative estimate of drug-likeness (QED) is 0.525. The second-order valence-corrected chi connectivity index (χ2v) is 8.45. The van der Waals surface area contributed by atoms with Crippen molar-refractivity contribution in [2.24, 2.45) is 4.99 Å². The van der Waals surface area contributed by atoms with Crippen LogP contribution in [-0.2, 0) is 17.8 Å². The van der Waals surface area contributed by atoms with Crippen LogP contribution >= 0.6 is 0 Å². The van der Waals surface area contributed by atoms with Gasteiger partial charge in [0.15, 0.2) is 0 Å². The molecule has 1 aliphatic carbocycles. The minimum Gasteiger partial charge on any atom is -0.313 e. The normalized spacial score (nSPS) is 18.1. The zero-order valence-corrected chi connectivity index (χ0v) is 19.9. The lowest BCUT2D eigenvalue weighted by atomic mass is 9.88. The van der Waals surface area contributed by atoms with E-state index in [1.54, 1.807) is 0 Å². The lowest BCUT2D eigenvalue weighted by Crippen LogP contribution is -2.50. The van der Waals surface area contributed by atoms with E-state index >= 15 is 0 Å². The summed E-state index contributed by atoms with van der Waals surface area (Å²) < 4.78 is 0. The minimum absolute atomic E-state index is 0.0782. The molecular formula is C28H29BN4O. The molecule has 0 saturated heterocycles. The first kappa shape index (κ1) is 23.6. The topological polar surface area (TPSA) is 59.7 Å². The van der Waals surface area contributed by atoms with E-state index in [1.807, 2.05) is 61.2 Å². The number of allylic oxidation sites excluding steroid dienone is 2. The number of carbonyl (C=O) groups is 1. The predicted molar refractivity (Wildman–Crippen MR) is 137 cm³/mol. The Bertz CT molecular complexity index is 1200. The molecule has 2 radical (unpaired) electrons. The molecule has 5 rings (SSSR count). The summed E-state index contributed by atoms with van der Waals surface area (Å²) in [6.45, 7) is 6.03. The molecule has 0 bridgehead atoms. The van der Waals surface area contributed by atoms with E-state index in [1.165, 1.54) is 5.57 Å². The van der Waals surface area contributed by atoms with E-state index in [0.717, 1.165) is 66.0 Å². The molecule has 2 aromatic carbocycles. The first-order valence-corrected chi connectivity index (χ1v) is 12.0. The SMILES string of the molecule is CC.[B]c1ccc(CN2C(=O)C3=C(CC(=CCc4cccc(C#N)c4)CC3)N3CCN=C23)cc1. The van der Waals surface area contributed by atoms with Crippen LogP contribution in [-0.4, -0.2) is 42.6 Å². The molecule has 0 unspecified atom stereocenters. The number of hydrogen-bond acceptors (Lipinski definition) is 4. The number of guanidine groups is 1. The number of benzene rings is 2. The zero-order valence-electron chi connectivity index (χ0n) is 19.9. The van der Waals surface area contributed by atoms with Crippen molar-refractivity contribution < 1.29 is 4.79 Å². The van der Waals surface area contributed by atoms with Crippen LogP contribution in [0.1, 0.15) is 49.8 Å². The molecule has 2 heterocycles. The number of carbonyl (C=O) groups excluding carboxylic acids is 1. The van der Waals surface area contributed by atoms with Crippen molar-refractivity contribution >= 4 is 25.2 Å². The number of amides is 1. The predicted octanol–water partition coefficient (Wildman–Crippen LogP) is 4.00. The number of hydrogen-bond donors (Lipinski definition) is 0. The lowest BCUT2D eigenvalue weighted by molar-refractivity contribution is -0.125. The largest absolute Gasteiger partial charge is 0.313 e. The van der Waals surface area contributed by atoms with E-state index in [4.69, 9.17) is 13.1 Å². The van der Waals surface area contributed by atoms with Gasteiger partial charge in [0, 0.05) is 24.2 Å². The third kappa shape index (κ3) is 4.84. The Kier molecular flexibility index (Phi) is 7.32. The molecule has 3 aliphatic rings. The van der Waals surface area contributed by atoms with Gasteiger partial charge in [-0.25, -0.2) is 0 Å². The molecule has 2 aromatic rings. The van der Waals surface area contributed by atoms with Crippen LogP contribution in [0.2, 0.25) is 0 Å². The van der Waals surface area contributed by atoms with Gasteiger partial charge < -0.3 is 4.90 Å². The first-order chi connectivity index (χ1) is 16.6. The number of nitrogens with zero attached hydrogens (tertiary/aromatic N) is 4. The highest BCUT2D eigenvalue weighted by molar-refractivity contribution is 6.32. The Hall–Kier alpha value is -3.59. The van der Waals surface area contributed by atoms with Gasteiger partial charge in [0.2, 0.25) is 5.96 Å². The van der Waals surface area contributed by atoms with Crippen molar-refractivity contribution in [3.8, 4) is 6.07 Å². The molecule has 34 heavy (non-hydrogen) atoms. The summed E-state index contributed by atoms with van der Waals surface area (Å²) >= 11 is 0. The van der Waals surface area contributed by atoms with Crippen LogP contribution in [0.4, 0.5) is 0 Å². The minimum atomic E-state index is 0.0782. The van der Waals surface area contributed by atoms with Crippen molar-refractivity contribution in [3.63, 3.8) is 0 Å². The summed E-state index contributed by atoms with van der Waals surface area (Å²) in [5.74, 6) is 0.850. The van der Waals surface area contributed by atoms with E-state index in [0.29, 0.717) is 18.7 Å². The summed E-state index contributed by atoms with van der Waals surface area (Å²) in [5, 5.41) is 9.12. The highest BCUT2D eigenvalue weighted by atomic mass is 16.2. The van der Waals surface area contributed by atoms with Crippen LogP contribution in [0.25, 0.3) is 0 Å². The standard InChI is InChI=1S/C26H23BN4O.C2H6/c27-22-9-6-20(7-10-22)17-31-25(32)23-11-8-19(15-24(23)30-13-12-29-26(30)31)5-4-18-2-1-3-21(14-18)16-28;1-2/h1-3,5-7,9-10,14H,4,8,11-13,15,17H2;1-2H3. The molecule has 0 fully saturated rings. The van der Waals surface area contributed by atoms with Gasteiger partial charge in [0.05, 0.1) is 24.7 Å². The molecule has 0 N–H and O–H groups in total. The Balaban J connectivity index is 0.00000133. The molecule has 0 spiro atoms. The summed E-state index contributed by atoms with van der Waals surface area (Å²) in [5.41, 5.74) is 6.96. The van der Waals surface area contributed by atoms with E-state index in [-0.39, 0.29) is 5.91 Å². The monoisotopic (exact) mass is 448 g/mol. The molecule has 2 aliphatic heterocycles. The van der Waals surface area contributed by atoms with Crippen molar-refractivity contribution in [3.05, 3.63) is 88.1 Å². The molecule has 1 amide bonds. The first-order valence-electron chi connectivity index (χ1n) is 12.0. The maximum atomic E-state index is 13.4. The van der Waals surface area contributed by atoms with Crippen molar-refractivity contribution in [2.45, 2.75) is 46.1 Å². The second kappa shape index (κ2) is 10.6. The van der Waals surface area contributed by atoms with E-state index in [9.17, 15) is 4.79 Å². The van der Waals surface area contributed by atoms with Crippen LogP contribution < -0.4 is 5.46 Å². The molecular weight excluding hydrogens is 419 g/mol. The maximum absolute atomic E-state index is 13.4. The third-order valence-corrected chi connectivity index (χ3v) is 6.33. The van der Waals surface area contributed by atoms with Crippen LogP contribution in [0.5, 0.6) is 0 Å². The molecule has 170 valence electrons. The zero-order chi connectivity index (χ0) is 24.1. The second-order valence-electron chi connectivity index (χ2n) is 8.45. The molecule has 5 nitrogen and oxygen atoms in total. The summed E-state index contributed by atoms with van der Waals surface area (Å²) in [6, 6.07) is 17.6. The Morgan fingerprint density at radius 2 is 1.91 bits per heavy atom. The van der Waals surface area contributed by atoms with Gasteiger partial charge in [0.1, 0.15) is 7.85 Å². The lowest BCUT2D eigenvalue weighted by Gasteiger charge is -2.40. The summed E-state index contributed by atoms with van der Waals surface area (Å²) in [6.07, 6.45) is 5.48. The fraction of sp³-hybridized carbons (Fsp3) is 0.321. The average Bonchev–Trinajstić information content (AvgIpc) is 3.38. The van der Waals surface area contributed by atoms with Crippen molar-refractivity contribution in [2.75, 3.05) is 13.1 Å². The van der Waals surface area contributed by atoms with Gasteiger partial charge in [0.25, 0.3) is 5.91 Å². The number of rotatable bonds is 4. The van der Waals surface area contributed by atoms with Gasteiger partial charge in [-0.3, -0.25) is 14.7 Å². The average molecular weight is 448 g/mol. The maximum Gasteiger partial charge on any atom is 0.258 e. The molecule has 0 atom stereocenters. The van der Waals surface area contributed by atoms with Gasteiger partial charge >= 0.3 is 0 Å². The molecule has 6 heteroatoms. The van der Waals surface area contributed by atoms with E-state index in [2.05, 4.69) is 28.1 Å². The van der Waals surface area contributed by atoms with Crippen LogP contribution in [0.15, 0.2) is 76.4 Å². The molecule has 0 aromatic heterocycles. The van der Waals surface area contributed by atoms with Crippen molar-refractivity contribution in [1.29, 1.82) is 5.26 Å². The Morgan fingerprint density at radius 3 is 2.68 bits per heavy atom. The Labute approximate surface area is 203 Å². The highest BCUT2D eigenvalue weighted by Crippen LogP contribution is 2.37. The fourth-order valence-electron chi connectivity index (χ4n) is 4.66. The third-order valence-electron chi connectivity index (χ3n) is 6.33. The van der Waals surface area contributed by atoms with Crippen LogP contribution in [0, 0.1) is 11.3 Å². The number of fused-ring (bicyclic) bond motifs is 2. The van der Waals surface area contributed by atoms with E-state index < -0.39 is 0 Å². The van der Waals surface area contributed by atoms with Crippen LogP contribution in [0.3, 0.4) is 0 Å². The fourth-order valence-corrected chi connectivity index (χ4v) is 4.66. The molecule has 0 saturated carbocycles. The summed E-state index contributed by atoms with van der Waals surface area (Å²) in [7, 11) is 5.81. The van der Waals surface area contributed by atoms with Crippen molar-refractivity contribution in [1.82, 2.24) is 9.80 Å². The number of nitriles is 1. The van der Waals surface area contributed by atoms with Gasteiger partial charge in [-0.15, -0.1) is 0 Å². The van der Waals surface area contributed by atoms with Gasteiger partial charge in [-0.05, 0) is 42.5 Å². The smallest absolute Gasteiger partial charge is 0.258 e. The van der Waals surface area contributed by atoms with Gasteiger partial charge in [-0.2, -0.15) is 5.26 Å². The highest BCUT2D eigenvalue weighted by Gasteiger charge is 2.40. The Morgan fingerprint density at radius 1 is 1.12 bits per heavy atom. The van der Waals surface area contributed by atoms with Gasteiger partial charge in [-0.1, -0.05) is 67.4 Å². The summed E-state index contributed by atoms with van der Waals surface area (Å²) in [4.78, 5) is 22.1.